The molecule has 1 aromatic heterocycles. The molecule has 3 rings (SSSR count). The number of carboxylic acid groups (broad SMARTS) is 1. The third-order valence-corrected chi connectivity index (χ3v) is 4.09. The maximum absolute atomic E-state index is 11.9. The molecule has 0 unspecified atom stereocenters. The molecular weight excluding hydrogens is 352 g/mol. The highest BCUT2D eigenvalue weighted by atomic mass is 16.5. The van der Waals surface area contributed by atoms with Gasteiger partial charge in [-0.05, 0) is 29.8 Å². The van der Waals surface area contributed by atoms with Crippen molar-refractivity contribution >= 4 is 28.6 Å². The quantitative estimate of drug-likeness (QED) is 0.615. The minimum atomic E-state index is -1.13. The van der Waals surface area contributed by atoms with Crippen LogP contribution < -0.4 is 25.7 Å². The molecule has 0 amide bonds. The summed E-state index contributed by atoms with van der Waals surface area (Å²) in [7, 11) is 4.43. The van der Waals surface area contributed by atoms with E-state index in [-0.39, 0.29) is 17.3 Å². The first kappa shape index (κ1) is 18.1. The molecule has 5 N–H and O–H groups in total. The number of methoxy groups -OCH3 is 3. The van der Waals surface area contributed by atoms with E-state index in [1.165, 1.54) is 33.5 Å². The van der Waals surface area contributed by atoms with Crippen LogP contribution in [0, 0.1) is 0 Å². The summed E-state index contributed by atoms with van der Waals surface area (Å²) in [4.78, 5) is 20.0. The fourth-order valence-electron chi connectivity index (χ4n) is 2.98. The lowest BCUT2D eigenvalue weighted by molar-refractivity contribution is 0.0698. The van der Waals surface area contributed by atoms with E-state index in [1.54, 1.807) is 12.1 Å². The van der Waals surface area contributed by atoms with Gasteiger partial charge in [-0.1, -0.05) is 0 Å². The average Bonchev–Trinajstić information content (AvgIpc) is 2.65. The van der Waals surface area contributed by atoms with Crippen molar-refractivity contribution in [1.29, 1.82) is 0 Å². The molecule has 0 fully saturated rings. The number of carboxylic acids is 1. The lowest BCUT2D eigenvalue weighted by atomic mass is 9.94. The van der Waals surface area contributed by atoms with E-state index in [1.807, 2.05) is 0 Å². The van der Waals surface area contributed by atoms with Crippen molar-refractivity contribution in [3.8, 4) is 28.4 Å². The number of rotatable bonds is 5. The number of aromatic carboxylic acids is 1. The Bertz CT molecular complexity index is 1030. The van der Waals surface area contributed by atoms with Gasteiger partial charge in [-0.2, -0.15) is 4.98 Å². The zero-order valence-electron chi connectivity index (χ0n) is 14.9. The first-order valence-electron chi connectivity index (χ1n) is 7.80. The minimum absolute atomic E-state index is 0.00100. The van der Waals surface area contributed by atoms with Crippen molar-refractivity contribution in [2.24, 2.45) is 0 Å². The number of nitrogen functional groups attached to an aromatic ring is 2. The number of carbonyl (C=O) groups is 1. The third kappa shape index (κ3) is 2.99. The molecule has 0 saturated carbocycles. The number of anilines is 2. The van der Waals surface area contributed by atoms with Crippen LogP contribution in [0.1, 0.15) is 10.4 Å². The highest BCUT2D eigenvalue weighted by Crippen LogP contribution is 2.44. The summed E-state index contributed by atoms with van der Waals surface area (Å²) < 4.78 is 16.1. The van der Waals surface area contributed by atoms with Crippen LogP contribution in [0.5, 0.6) is 17.2 Å². The van der Waals surface area contributed by atoms with E-state index in [2.05, 4.69) is 9.97 Å². The van der Waals surface area contributed by atoms with Crippen LogP contribution in [0.4, 0.5) is 11.8 Å². The van der Waals surface area contributed by atoms with Gasteiger partial charge in [-0.25, -0.2) is 9.78 Å². The second-order valence-electron chi connectivity index (χ2n) is 5.57. The predicted molar refractivity (Wildman–Crippen MR) is 100 cm³/mol. The van der Waals surface area contributed by atoms with Crippen molar-refractivity contribution in [1.82, 2.24) is 9.97 Å². The zero-order valence-corrected chi connectivity index (χ0v) is 14.9. The van der Waals surface area contributed by atoms with E-state index in [9.17, 15) is 9.90 Å². The fourth-order valence-corrected chi connectivity index (χ4v) is 2.98. The maximum atomic E-state index is 11.9. The Balaban J connectivity index is 2.46. The molecular formula is C18H18N4O5. The molecule has 0 atom stereocenters. The average molecular weight is 370 g/mol. The number of nitrogens with two attached hydrogens (primary N) is 2. The minimum Gasteiger partial charge on any atom is -0.493 e. The number of aromatic nitrogens is 2. The Labute approximate surface area is 154 Å². The van der Waals surface area contributed by atoms with Crippen molar-refractivity contribution in [3.05, 3.63) is 29.8 Å². The van der Waals surface area contributed by atoms with Gasteiger partial charge in [0.25, 0.3) is 0 Å². The van der Waals surface area contributed by atoms with Gasteiger partial charge in [0.2, 0.25) is 11.7 Å². The van der Waals surface area contributed by atoms with Crippen LogP contribution in [0.3, 0.4) is 0 Å². The van der Waals surface area contributed by atoms with E-state index >= 15 is 0 Å². The molecule has 27 heavy (non-hydrogen) atoms. The van der Waals surface area contributed by atoms with Crippen molar-refractivity contribution in [2.75, 3.05) is 32.8 Å². The maximum Gasteiger partial charge on any atom is 0.336 e. The summed E-state index contributed by atoms with van der Waals surface area (Å²) in [6.07, 6.45) is 0. The third-order valence-electron chi connectivity index (χ3n) is 4.09. The summed E-state index contributed by atoms with van der Waals surface area (Å²) in [5.74, 6) is 0.0692. The Morgan fingerprint density at radius 1 is 1.00 bits per heavy atom. The van der Waals surface area contributed by atoms with Gasteiger partial charge >= 0.3 is 5.97 Å². The SMILES string of the molecule is COc1cc(-c2c(C(=O)O)ccc3nc(N)nc(N)c23)cc(OC)c1OC. The van der Waals surface area contributed by atoms with Crippen LogP contribution in [-0.4, -0.2) is 42.4 Å². The number of fused-ring (bicyclic) bond motifs is 1. The molecule has 9 heteroatoms. The lowest BCUT2D eigenvalue weighted by Crippen LogP contribution is -2.06. The van der Waals surface area contributed by atoms with Crippen LogP contribution in [0.25, 0.3) is 22.0 Å². The first-order chi connectivity index (χ1) is 12.9. The molecule has 0 bridgehead atoms. The van der Waals surface area contributed by atoms with Gasteiger partial charge in [0, 0.05) is 5.56 Å². The molecule has 3 aromatic rings. The van der Waals surface area contributed by atoms with Crippen molar-refractivity contribution in [2.45, 2.75) is 0 Å². The predicted octanol–water partition coefficient (Wildman–Crippen LogP) is 2.19. The number of nitrogens with zero attached hydrogens (tertiary/aromatic N) is 2. The molecule has 9 nitrogen and oxygen atoms in total. The Kier molecular flexibility index (Phi) is 4.59. The fraction of sp³-hybridized carbons (Fsp3) is 0.167. The van der Waals surface area contributed by atoms with Gasteiger partial charge in [0.05, 0.1) is 37.8 Å². The van der Waals surface area contributed by atoms with E-state index in [0.717, 1.165) is 0 Å². The van der Waals surface area contributed by atoms with E-state index in [4.69, 9.17) is 25.7 Å². The van der Waals surface area contributed by atoms with Gasteiger partial charge in [0.1, 0.15) is 5.82 Å². The molecule has 0 spiro atoms. The summed E-state index contributed by atoms with van der Waals surface area (Å²) in [6, 6.07) is 6.25. The van der Waals surface area contributed by atoms with Gasteiger partial charge in [-0.3, -0.25) is 0 Å². The van der Waals surface area contributed by atoms with Gasteiger partial charge in [0.15, 0.2) is 11.5 Å². The zero-order chi connectivity index (χ0) is 19.7. The molecule has 0 aliphatic rings. The molecule has 2 aromatic carbocycles. The van der Waals surface area contributed by atoms with Crippen LogP contribution in [-0.2, 0) is 0 Å². The smallest absolute Gasteiger partial charge is 0.336 e. The monoisotopic (exact) mass is 370 g/mol. The Morgan fingerprint density at radius 2 is 1.63 bits per heavy atom. The molecule has 0 radical (unpaired) electrons. The Hall–Kier alpha value is -3.75. The standard InChI is InChI=1S/C18H18N4O5/c1-25-11-6-8(7-12(26-2)15(11)27-3)13-9(17(23)24)4-5-10-14(13)16(19)22-18(20)21-10/h4-7H,1-3H3,(H,23,24)(H4,19,20,21,22). The number of benzene rings is 2. The summed E-state index contributed by atoms with van der Waals surface area (Å²) in [5, 5.41) is 10.1. The van der Waals surface area contributed by atoms with Crippen molar-refractivity contribution in [3.63, 3.8) is 0 Å². The first-order valence-corrected chi connectivity index (χ1v) is 7.80. The topological polar surface area (TPSA) is 143 Å². The lowest BCUT2D eigenvalue weighted by Gasteiger charge is -2.17. The molecule has 140 valence electrons. The number of hydrogen-bond donors (Lipinski definition) is 3. The highest BCUT2D eigenvalue weighted by molar-refractivity contribution is 6.10. The van der Waals surface area contributed by atoms with Crippen LogP contribution in [0.2, 0.25) is 0 Å². The van der Waals surface area contributed by atoms with Crippen LogP contribution >= 0.6 is 0 Å². The summed E-state index contributed by atoms with van der Waals surface area (Å²) in [6.45, 7) is 0. The second kappa shape index (κ2) is 6.87. The largest absolute Gasteiger partial charge is 0.493 e. The Morgan fingerprint density at radius 3 is 2.15 bits per heavy atom. The molecule has 0 aliphatic carbocycles. The van der Waals surface area contributed by atoms with Crippen LogP contribution in [0.15, 0.2) is 24.3 Å². The molecule has 0 saturated heterocycles. The normalized spacial score (nSPS) is 10.6. The van der Waals surface area contributed by atoms with Gasteiger partial charge < -0.3 is 30.8 Å². The highest BCUT2D eigenvalue weighted by Gasteiger charge is 2.22. The van der Waals surface area contributed by atoms with Crippen molar-refractivity contribution < 1.29 is 24.1 Å². The van der Waals surface area contributed by atoms with Gasteiger partial charge in [-0.15, -0.1) is 0 Å². The second-order valence-corrected chi connectivity index (χ2v) is 5.57. The number of ether oxygens (including phenoxy) is 3. The summed E-state index contributed by atoms with van der Waals surface area (Å²) >= 11 is 0. The summed E-state index contributed by atoms with van der Waals surface area (Å²) in [5.41, 5.74) is 13.0. The van der Waals surface area contributed by atoms with E-state index < -0.39 is 5.97 Å². The molecule has 0 aliphatic heterocycles. The molecule has 1 heterocycles. The number of hydrogen-bond acceptors (Lipinski definition) is 8. The van der Waals surface area contributed by atoms with E-state index in [0.29, 0.717) is 39.3 Å².